The van der Waals surface area contributed by atoms with Crippen molar-refractivity contribution >= 4 is 24.8 Å². The van der Waals surface area contributed by atoms with Crippen molar-refractivity contribution in [1.29, 1.82) is 0 Å². The van der Waals surface area contributed by atoms with Gasteiger partial charge in [-0.25, -0.2) is 0 Å². The molecule has 0 aromatic carbocycles. The van der Waals surface area contributed by atoms with Gasteiger partial charge in [0, 0.05) is 26.2 Å². The molecule has 0 spiro atoms. The van der Waals surface area contributed by atoms with Gasteiger partial charge in [0.25, 0.3) is 0 Å². The van der Waals surface area contributed by atoms with E-state index in [1.165, 1.54) is 0 Å². The summed E-state index contributed by atoms with van der Waals surface area (Å²) in [5.41, 5.74) is 0. The van der Waals surface area contributed by atoms with Gasteiger partial charge in [0.1, 0.15) is 0 Å². The van der Waals surface area contributed by atoms with E-state index >= 15 is 0 Å². The summed E-state index contributed by atoms with van der Waals surface area (Å²) in [6.07, 6.45) is 0. The van der Waals surface area contributed by atoms with Crippen molar-refractivity contribution < 1.29 is 0 Å². The molecule has 1 saturated heterocycles. The van der Waals surface area contributed by atoms with Gasteiger partial charge in [-0.3, -0.25) is 0 Å². The van der Waals surface area contributed by atoms with Crippen LogP contribution in [-0.4, -0.2) is 26.2 Å². The molecule has 0 amide bonds. The van der Waals surface area contributed by atoms with Crippen molar-refractivity contribution in [3.8, 4) is 0 Å². The van der Waals surface area contributed by atoms with E-state index in [1.807, 2.05) is 0 Å². The fourth-order valence-electron chi connectivity index (χ4n) is 0.604. The molecule has 0 saturated carbocycles. The van der Waals surface area contributed by atoms with Gasteiger partial charge in [0.2, 0.25) is 0 Å². The van der Waals surface area contributed by atoms with E-state index < -0.39 is 0 Å². The molecule has 0 radical (unpaired) electrons. The van der Waals surface area contributed by atoms with Crippen molar-refractivity contribution in [2.45, 2.75) is 0 Å². The van der Waals surface area contributed by atoms with Gasteiger partial charge in [-0.2, -0.15) is 0 Å². The lowest BCUT2D eigenvalue weighted by atomic mass is 11.3. The maximum atomic E-state index is 3.22. The van der Waals surface area contributed by atoms with Crippen LogP contribution >= 0.6 is 24.8 Å². The summed E-state index contributed by atoms with van der Waals surface area (Å²) in [5, 5.41) is 6.44. The second-order valence-corrected chi connectivity index (χ2v) is 1.50. The summed E-state index contributed by atoms with van der Waals surface area (Å²) in [6, 6.07) is 0. The lowest BCUT2D eigenvalue weighted by Gasteiger charge is -2.11. The highest BCUT2D eigenvalue weighted by Crippen LogP contribution is 1.65. The minimum Gasteiger partial charge on any atom is -0.314 e. The molecule has 0 unspecified atom stereocenters. The number of rotatable bonds is 0. The number of nitrogens with one attached hydrogen (secondary N) is 2. The van der Waals surface area contributed by atoms with Crippen LogP contribution in [0.3, 0.4) is 0 Å². The van der Waals surface area contributed by atoms with Crippen molar-refractivity contribution in [2.75, 3.05) is 26.2 Å². The number of hydrogen-bond donors (Lipinski definition) is 2. The Kier molecular flexibility index (Phi) is 10.6. The first-order valence-electron chi connectivity index (χ1n) is 2.41. The molecule has 1 aliphatic rings. The molecule has 0 bridgehead atoms. The normalized spacial score (nSPS) is 18.0. The molecule has 8 heavy (non-hydrogen) atoms. The van der Waals surface area contributed by atoms with E-state index in [-0.39, 0.29) is 24.8 Å². The zero-order chi connectivity index (χ0) is 4.24. The Hall–Kier alpha value is 0.500. The molecule has 52 valence electrons. The molecule has 0 atom stereocenters. The van der Waals surface area contributed by atoms with Crippen LogP contribution in [0, 0.1) is 0 Å². The molecule has 1 heterocycles. The largest absolute Gasteiger partial charge is 0.314 e. The highest BCUT2D eigenvalue weighted by atomic mass is 35.5. The molecule has 0 aromatic rings. The topological polar surface area (TPSA) is 24.1 Å². The van der Waals surface area contributed by atoms with Crippen molar-refractivity contribution in [3.05, 3.63) is 0 Å². The maximum absolute atomic E-state index is 3.22. The molecule has 1 fully saturated rings. The summed E-state index contributed by atoms with van der Waals surface area (Å²) in [4.78, 5) is 0. The zero-order valence-electron chi connectivity index (χ0n) is 4.64. The predicted molar refractivity (Wildman–Crippen MR) is 40.2 cm³/mol. The Morgan fingerprint density at radius 3 is 1.00 bits per heavy atom. The number of piperazine rings is 1. The lowest BCUT2D eigenvalue weighted by molar-refractivity contribution is 0.534. The third kappa shape index (κ3) is 4.65. The second kappa shape index (κ2) is 7.50. The van der Waals surface area contributed by atoms with Gasteiger partial charge in [0.05, 0.1) is 0 Å². The van der Waals surface area contributed by atoms with Crippen LogP contribution in [0.25, 0.3) is 0 Å². The summed E-state index contributed by atoms with van der Waals surface area (Å²) in [7, 11) is 0. The van der Waals surface area contributed by atoms with Crippen LogP contribution in [0.15, 0.2) is 0 Å². The van der Waals surface area contributed by atoms with Gasteiger partial charge in [0.15, 0.2) is 0 Å². The van der Waals surface area contributed by atoms with Crippen molar-refractivity contribution in [2.24, 2.45) is 0 Å². The molecular weight excluding hydrogens is 151 g/mol. The first-order valence-corrected chi connectivity index (χ1v) is 2.41. The monoisotopic (exact) mass is 162 g/mol. The molecule has 1 aliphatic heterocycles. The Morgan fingerprint density at radius 2 is 0.875 bits per heavy atom. The average Bonchev–Trinajstić information content (AvgIpc) is 1.72. The Morgan fingerprint density at radius 1 is 0.625 bits per heavy atom. The molecule has 1 rings (SSSR count). The van der Waals surface area contributed by atoms with Gasteiger partial charge in [-0.05, 0) is 0 Å². The Labute approximate surface area is 62.2 Å². The summed E-state index contributed by atoms with van der Waals surface area (Å²) in [6.45, 7) is 4.56. The third-order valence-electron chi connectivity index (χ3n) is 0.957. The maximum Gasteiger partial charge on any atom is 0.00772 e. The molecule has 2 N–H and O–H groups in total. The second-order valence-electron chi connectivity index (χ2n) is 1.50. The van der Waals surface area contributed by atoms with Crippen LogP contribution in [0.5, 0.6) is 0 Å². The summed E-state index contributed by atoms with van der Waals surface area (Å²) < 4.78 is 0. The Bertz CT molecular complexity index is 27.5. The van der Waals surface area contributed by atoms with Crippen LogP contribution in [0.1, 0.15) is 0 Å². The minimum absolute atomic E-state index is 0. The zero-order valence-corrected chi connectivity index (χ0v) is 6.28. The quantitative estimate of drug-likeness (QED) is 0.492. The number of hydrogen-bond acceptors (Lipinski definition) is 2. The highest BCUT2D eigenvalue weighted by Gasteiger charge is 1.91. The van der Waals surface area contributed by atoms with Crippen LogP contribution < -0.4 is 10.6 Å². The molecule has 0 aromatic heterocycles. The van der Waals surface area contributed by atoms with E-state index in [1.54, 1.807) is 0 Å². The van der Waals surface area contributed by atoms with E-state index in [2.05, 4.69) is 10.6 Å². The van der Waals surface area contributed by atoms with Gasteiger partial charge in [-0.1, -0.05) is 0 Å². The van der Waals surface area contributed by atoms with Crippen LogP contribution in [-0.2, 0) is 0 Å². The summed E-state index contributed by atoms with van der Waals surface area (Å²) >= 11 is 0. The van der Waals surface area contributed by atoms with Gasteiger partial charge in [-0.15, -0.1) is 24.8 Å². The van der Waals surface area contributed by atoms with Gasteiger partial charge < -0.3 is 10.6 Å². The smallest absolute Gasteiger partial charge is 0.00772 e. The fourth-order valence-corrected chi connectivity index (χ4v) is 0.604. The first-order chi connectivity index (χ1) is 3.00. The fraction of sp³-hybridized carbons (Fsp3) is 1.00. The first kappa shape index (κ1) is 11.3. The highest BCUT2D eigenvalue weighted by molar-refractivity contribution is 5.85. The molecule has 0 aliphatic carbocycles. The third-order valence-corrected chi connectivity index (χ3v) is 0.957. The predicted octanol–water partition coefficient (Wildman–Crippen LogP) is 0.0228. The molecule has 2 nitrogen and oxygen atoms in total. The molecular formula is C4H12Cl2N2. The Balaban J connectivity index is 0. The average molecular weight is 163 g/mol. The van der Waals surface area contributed by atoms with E-state index in [0.717, 1.165) is 26.2 Å². The standard InChI is InChI=1S/C4H10N2.2ClH/c1-2-6-4-3-5-1;;/h5-6H,1-4H2;2*1H/i1+1,2+1,3+1,4+1;;. The van der Waals surface area contributed by atoms with Crippen molar-refractivity contribution in [3.63, 3.8) is 0 Å². The van der Waals surface area contributed by atoms with Crippen molar-refractivity contribution in [1.82, 2.24) is 10.6 Å². The summed E-state index contributed by atoms with van der Waals surface area (Å²) in [5.74, 6) is 0. The van der Waals surface area contributed by atoms with Crippen LogP contribution in [0.4, 0.5) is 0 Å². The van der Waals surface area contributed by atoms with E-state index in [9.17, 15) is 0 Å². The molecule has 4 heteroatoms. The number of halogens is 2. The van der Waals surface area contributed by atoms with E-state index in [0.29, 0.717) is 0 Å². The van der Waals surface area contributed by atoms with E-state index in [4.69, 9.17) is 0 Å². The van der Waals surface area contributed by atoms with Crippen LogP contribution in [0.2, 0.25) is 0 Å². The minimum atomic E-state index is 0. The van der Waals surface area contributed by atoms with Gasteiger partial charge >= 0.3 is 0 Å². The lowest BCUT2D eigenvalue weighted by Crippen LogP contribution is -2.39. The SMILES string of the molecule is Cl.Cl.[13CH2]1[13CH2]N[13CH2][13CH2]N1.